The summed E-state index contributed by atoms with van der Waals surface area (Å²) in [5, 5.41) is 14.5. The van der Waals surface area contributed by atoms with E-state index in [2.05, 4.69) is 51.8 Å². The number of rotatable bonds is 8. The third kappa shape index (κ3) is 4.39. The van der Waals surface area contributed by atoms with Crippen LogP contribution in [0.4, 0.5) is 0 Å². The summed E-state index contributed by atoms with van der Waals surface area (Å²) >= 11 is 0. The van der Waals surface area contributed by atoms with Crippen LogP contribution in [0.1, 0.15) is 51.0 Å². The third-order valence-electron chi connectivity index (χ3n) is 6.65. The van der Waals surface area contributed by atoms with Crippen molar-refractivity contribution in [2.45, 2.75) is 52.6 Å². The van der Waals surface area contributed by atoms with E-state index in [1.807, 2.05) is 42.7 Å². The molecule has 5 rings (SSSR count). The molecule has 1 N–H and O–H groups in total. The zero-order valence-corrected chi connectivity index (χ0v) is 21.5. The van der Waals surface area contributed by atoms with E-state index < -0.39 is 0 Å². The van der Waals surface area contributed by atoms with Gasteiger partial charge in [0.15, 0.2) is 11.2 Å². The standard InChI is InChI=1S/C27H30N8O2/c1-5-6-11-22-28-25-23(26(36)33(4)27(37)35(25)17(2)3)34(22)16-18-12-14-19(15-13-18)20-9-7-8-10-21(20)24-29-31-32-30-24/h7-10,12-15,17H,5-6,11,16H2,1-4H3,(H,29,30,31,32). The van der Waals surface area contributed by atoms with Crippen molar-refractivity contribution >= 4 is 11.2 Å². The Hall–Kier alpha value is -4.34. The predicted octanol–water partition coefficient (Wildman–Crippen LogP) is 3.72. The van der Waals surface area contributed by atoms with Crippen LogP contribution in [0.25, 0.3) is 33.7 Å². The fraction of sp³-hybridized carbons (Fsp3) is 0.333. The maximum atomic E-state index is 13.3. The summed E-state index contributed by atoms with van der Waals surface area (Å²) in [5.41, 5.74) is 4.20. The molecule has 0 aliphatic rings. The molecule has 3 heterocycles. The first-order valence-electron chi connectivity index (χ1n) is 12.5. The average Bonchev–Trinajstić information content (AvgIpc) is 3.55. The van der Waals surface area contributed by atoms with E-state index in [1.165, 1.54) is 11.6 Å². The molecule has 10 nitrogen and oxygen atoms in total. The number of aryl methyl sites for hydroxylation is 1. The summed E-state index contributed by atoms with van der Waals surface area (Å²) in [4.78, 5) is 31.0. The highest BCUT2D eigenvalue weighted by atomic mass is 16.2. The fourth-order valence-electron chi connectivity index (χ4n) is 4.70. The van der Waals surface area contributed by atoms with Crippen LogP contribution in [-0.4, -0.2) is 39.3 Å². The average molecular weight is 499 g/mol. The normalized spacial score (nSPS) is 11.6. The number of benzene rings is 2. The van der Waals surface area contributed by atoms with Crippen LogP contribution < -0.4 is 11.2 Å². The van der Waals surface area contributed by atoms with Gasteiger partial charge in [0.05, 0.1) is 0 Å². The first-order valence-corrected chi connectivity index (χ1v) is 12.5. The van der Waals surface area contributed by atoms with Gasteiger partial charge in [-0.2, -0.15) is 5.21 Å². The quantitative estimate of drug-likeness (QED) is 0.349. The number of hydrogen-bond donors (Lipinski definition) is 1. The molecule has 0 bridgehead atoms. The Morgan fingerprint density at radius 2 is 1.73 bits per heavy atom. The van der Waals surface area contributed by atoms with Crippen molar-refractivity contribution in [2.24, 2.45) is 7.05 Å². The SMILES string of the molecule is CCCCc1nc2c(c(=O)n(C)c(=O)n2C(C)C)n1Cc1ccc(-c2ccccc2-c2nn[nH]n2)cc1. The Kier molecular flexibility index (Phi) is 6.56. The van der Waals surface area contributed by atoms with Crippen molar-refractivity contribution in [3.63, 3.8) is 0 Å². The van der Waals surface area contributed by atoms with Crippen LogP contribution in [0, 0.1) is 0 Å². The summed E-state index contributed by atoms with van der Waals surface area (Å²) in [5.74, 6) is 1.36. The molecule has 0 radical (unpaired) electrons. The van der Waals surface area contributed by atoms with E-state index in [0.29, 0.717) is 23.5 Å². The lowest BCUT2D eigenvalue weighted by Gasteiger charge is -2.13. The number of hydrogen-bond acceptors (Lipinski definition) is 6. The first kappa shape index (κ1) is 24.4. The highest BCUT2D eigenvalue weighted by Gasteiger charge is 2.21. The number of imidazole rings is 1. The number of nitrogens with zero attached hydrogens (tertiary/aromatic N) is 7. The smallest absolute Gasteiger partial charge is 0.318 e. The van der Waals surface area contributed by atoms with Crippen molar-refractivity contribution in [2.75, 3.05) is 0 Å². The minimum atomic E-state index is -0.344. The molecule has 0 atom stereocenters. The number of aromatic nitrogens is 8. The van der Waals surface area contributed by atoms with Gasteiger partial charge in [0.25, 0.3) is 5.56 Å². The Labute approximate surface area is 213 Å². The minimum Gasteiger partial charge on any atom is -0.318 e. The largest absolute Gasteiger partial charge is 0.332 e. The summed E-state index contributed by atoms with van der Waals surface area (Å²) < 4.78 is 4.77. The molecule has 2 aromatic carbocycles. The van der Waals surface area contributed by atoms with E-state index in [1.54, 1.807) is 4.57 Å². The van der Waals surface area contributed by atoms with Gasteiger partial charge < -0.3 is 4.57 Å². The highest BCUT2D eigenvalue weighted by Crippen LogP contribution is 2.30. The molecule has 3 aromatic heterocycles. The van der Waals surface area contributed by atoms with Crippen molar-refractivity contribution < 1.29 is 0 Å². The molecule has 0 saturated heterocycles. The van der Waals surface area contributed by atoms with Crippen LogP contribution in [0.5, 0.6) is 0 Å². The number of tetrazole rings is 1. The molecule has 0 aliphatic carbocycles. The number of unbranched alkanes of at least 4 members (excludes halogenated alkanes) is 1. The van der Waals surface area contributed by atoms with Gasteiger partial charge in [-0.15, -0.1) is 10.2 Å². The van der Waals surface area contributed by atoms with Gasteiger partial charge in [-0.1, -0.05) is 61.9 Å². The van der Waals surface area contributed by atoms with E-state index in [-0.39, 0.29) is 17.3 Å². The maximum absolute atomic E-state index is 13.3. The molecule has 0 saturated carbocycles. The summed E-state index contributed by atoms with van der Waals surface area (Å²) in [6, 6.07) is 16.0. The van der Waals surface area contributed by atoms with Crippen molar-refractivity contribution in [3.8, 4) is 22.5 Å². The molecular formula is C27H30N8O2. The van der Waals surface area contributed by atoms with E-state index >= 15 is 0 Å². The molecule has 0 fully saturated rings. The van der Waals surface area contributed by atoms with E-state index in [0.717, 1.165) is 47.3 Å². The summed E-state index contributed by atoms with van der Waals surface area (Å²) in [6.45, 7) is 6.47. The van der Waals surface area contributed by atoms with Crippen LogP contribution in [0.15, 0.2) is 58.1 Å². The molecule has 0 unspecified atom stereocenters. The molecule has 0 spiro atoms. The van der Waals surface area contributed by atoms with Crippen LogP contribution >= 0.6 is 0 Å². The monoisotopic (exact) mass is 498 g/mol. The van der Waals surface area contributed by atoms with E-state index in [9.17, 15) is 9.59 Å². The topological polar surface area (TPSA) is 116 Å². The molecule has 37 heavy (non-hydrogen) atoms. The van der Waals surface area contributed by atoms with E-state index in [4.69, 9.17) is 4.98 Å². The fourth-order valence-corrected chi connectivity index (χ4v) is 4.70. The van der Waals surface area contributed by atoms with Crippen molar-refractivity contribution in [1.82, 2.24) is 39.3 Å². The molecule has 0 amide bonds. The molecule has 190 valence electrons. The highest BCUT2D eigenvalue weighted by molar-refractivity contribution is 5.80. The Morgan fingerprint density at radius 3 is 2.38 bits per heavy atom. The van der Waals surface area contributed by atoms with Gasteiger partial charge in [-0.3, -0.25) is 13.9 Å². The molecule has 10 heteroatoms. The predicted molar refractivity (Wildman–Crippen MR) is 142 cm³/mol. The van der Waals surface area contributed by atoms with Crippen LogP contribution in [-0.2, 0) is 20.0 Å². The van der Waals surface area contributed by atoms with Crippen LogP contribution in [0.2, 0.25) is 0 Å². The summed E-state index contributed by atoms with van der Waals surface area (Å²) in [6.07, 6.45) is 2.69. The minimum absolute atomic E-state index is 0.122. The number of nitrogens with one attached hydrogen (secondary N) is 1. The lowest BCUT2D eigenvalue weighted by atomic mass is 9.98. The molecule has 5 aromatic rings. The Balaban J connectivity index is 1.58. The van der Waals surface area contributed by atoms with Gasteiger partial charge in [-0.25, -0.2) is 9.78 Å². The van der Waals surface area contributed by atoms with Gasteiger partial charge in [0.2, 0.25) is 5.82 Å². The number of H-pyrrole nitrogens is 1. The molecular weight excluding hydrogens is 468 g/mol. The summed E-state index contributed by atoms with van der Waals surface area (Å²) in [7, 11) is 1.53. The van der Waals surface area contributed by atoms with Gasteiger partial charge in [0, 0.05) is 31.6 Å². The lowest BCUT2D eigenvalue weighted by molar-refractivity contribution is 0.551. The Bertz CT molecular complexity index is 1660. The second-order valence-electron chi connectivity index (χ2n) is 9.48. The lowest BCUT2D eigenvalue weighted by Crippen LogP contribution is -2.39. The second kappa shape index (κ2) is 9.96. The maximum Gasteiger partial charge on any atom is 0.332 e. The number of fused-ring (bicyclic) bond motifs is 1. The van der Waals surface area contributed by atoms with Crippen molar-refractivity contribution in [3.05, 3.63) is 80.8 Å². The number of aromatic amines is 1. The Morgan fingerprint density at radius 1 is 1.00 bits per heavy atom. The molecule has 0 aliphatic heterocycles. The van der Waals surface area contributed by atoms with Gasteiger partial charge in [-0.05, 0) is 42.2 Å². The van der Waals surface area contributed by atoms with Gasteiger partial charge >= 0.3 is 5.69 Å². The van der Waals surface area contributed by atoms with Crippen molar-refractivity contribution in [1.29, 1.82) is 0 Å². The zero-order chi connectivity index (χ0) is 26.1. The van der Waals surface area contributed by atoms with Crippen LogP contribution in [0.3, 0.4) is 0 Å². The second-order valence-corrected chi connectivity index (χ2v) is 9.48. The third-order valence-corrected chi connectivity index (χ3v) is 6.65. The first-order chi connectivity index (χ1) is 17.9. The zero-order valence-electron chi connectivity index (χ0n) is 21.5. The van der Waals surface area contributed by atoms with Gasteiger partial charge in [0.1, 0.15) is 5.82 Å².